The summed E-state index contributed by atoms with van der Waals surface area (Å²) in [6, 6.07) is -5.42. The molecule has 0 bridgehead atoms. The van der Waals surface area contributed by atoms with Crippen molar-refractivity contribution in [2.75, 3.05) is 5.75 Å². The Morgan fingerprint density at radius 3 is 1.83 bits per heavy atom. The Morgan fingerprint density at radius 1 is 0.862 bits per heavy atom. The summed E-state index contributed by atoms with van der Waals surface area (Å²) in [5, 5.41) is 32.8. The van der Waals surface area contributed by atoms with Crippen LogP contribution in [0.2, 0.25) is 0 Å². The zero-order valence-electron chi connectivity index (χ0n) is 15.5. The first-order valence-corrected chi connectivity index (χ1v) is 8.96. The molecule has 0 aromatic carbocycles. The molecule has 3 amide bonds. The first kappa shape index (κ1) is 26.1. The first-order valence-electron chi connectivity index (χ1n) is 8.33. The Bertz CT molecular complexity index is 658. The molecule has 0 spiro atoms. The van der Waals surface area contributed by atoms with Gasteiger partial charge in [0.15, 0.2) is 0 Å². The molecular formula is C15H24N4O9S. The minimum atomic E-state index is -1.48. The summed E-state index contributed by atoms with van der Waals surface area (Å²) in [5.41, 5.74) is 5.41. The normalized spacial score (nSPS) is 14.6. The van der Waals surface area contributed by atoms with Crippen LogP contribution >= 0.6 is 12.6 Å². The summed E-state index contributed by atoms with van der Waals surface area (Å²) in [6.45, 7) is 1.21. The Hall–Kier alpha value is -2.87. The lowest BCUT2D eigenvalue weighted by molar-refractivity contribution is -0.141. The van der Waals surface area contributed by atoms with Crippen LogP contribution in [0.1, 0.15) is 26.2 Å². The zero-order chi connectivity index (χ0) is 22.7. The van der Waals surface area contributed by atoms with E-state index in [1.165, 1.54) is 6.92 Å². The molecule has 29 heavy (non-hydrogen) atoms. The molecule has 0 rings (SSSR count). The van der Waals surface area contributed by atoms with E-state index in [0.717, 1.165) is 0 Å². The van der Waals surface area contributed by atoms with Crippen molar-refractivity contribution in [1.82, 2.24) is 16.0 Å². The topological polar surface area (TPSA) is 225 Å². The minimum absolute atomic E-state index is 0.220. The van der Waals surface area contributed by atoms with Gasteiger partial charge in [-0.15, -0.1) is 0 Å². The molecule has 4 atom stereocenters. The number of nitrogens with two attached hydrogens (primary N) is 1. The van der Waals surface area contributed by atoms with Crippen LogP contribution in [0, 0.1) is 0 Å². The van der Waals surface area contributed by atoms with Gasteiger partial charge in [0.25, 0.3) is 0 Å². The molecule has 0 aliphatic carbocycles. The summed E-state index contributed by atoms with van der Waals surface area (Å²) in [6.07, 6.45) is -1.59. The number of carboxylic acid groups (broad SMARTS) is 3. The van der Waals surface area contributed by atoms with Crippen molar-refractivity contribution >= 4 is 48.3 Å². The van der Waals surface area contributed by atoms with Gasteiger partial charge in [-0.2, -0.15) is 12.6 Å². The molecule has 14 heteroatoms. The van der Waals surface area contributed by atoms with Crippen LogP contribution in [0.15, 0.2) is 0 Å². The van der Waals surface area contributed by atoms with Crippen LogP contribution in [0.5, 0.6) is 0 Å². The maximum absolute atomic E-state index is 12.4. The lowest BCUT2D eigenvalue weighted by Gasteiger charge is -2.23. The number of thiol groups is 1. The van der Waals surface area contributed by atoms with E-state index in [1.807, 2.05) is 0 Å². The molecule has 0 aliphatic rings. The van der Waals surface area contributed by atoms with Crippen LogP contribution < -0.4 is 21.7 Å². The zero-order valence-corrected chi connectivity index (χ0v) is 16.3. The van der Waals surface area contributed by atoms with Gasteiger partial charge in [0.1, 0.15) is 18.1 Å². The highest BCUT2D eigenvalue weighted by Gasteiger charge is 2.29. The number of aliphatic carboxylic acids is 3. The number of nitrogens with one attached hydrogen (secondary N) is 3. The lowest BCUT2D eigenvalue weighted by atomic mass is 10.1. The molecule has 0 heterocycles. The number of hydrogen-bond donors (Lipinski definition) is 8. The van der Waals surface area contributed by atoms with Crippen LogP contribution in [-0.2, 0) is 28.8 Å². The van der Waals surface area contributed by atoms with Gasteiger partial charge in [-0.3, -0.25) is 28.8 Å². The third-order valence-corrected chi connectivity index (χ3v) is 3.92. The second-order valence-electron chi connectivity index (χ2n) is 6.01. The fourth-order valence-corrected chi connectivity index (χ4v) is 2.20. The average Bonchev–Trinajstić information content (AvgIpc) is 2.61. The van der Waals surface area contributed by atoms with Crippen molar-refractivity contribution in [2.45, 2.75) is 50.4 Å². The Labute approximate surface area is 170 Å². The molecule has 0 saturated heterocycles. The summed E-state index contributed by atoms with van der Waals surface area (Å²) < 4.78 is 0. The van der Waals surface area contributed by atoms with Gasteiger partial charge in [-0.05, 0) is 13.3 Å². The summed E-state index contributed by atoms with van der Waals surface area (Å²) >= 11 is 3.91. The van der Waals surface area contributed by atoms with Gasteiger partial charge < -0.3 is 37.0 Å². The van der Waals surface area contributed by atoms with E-state index in [4.69, 9.17) is 21.1 Å². The third kappa shape index (κ3) is 10.3. The van der Waals surface area contributed by atoms with Crippen LogP contribution in [0.3, 0.4) is 0 Å². The van der Waals surface area contributed by atoms with Crippen molar-refractivity contribution in [3.8, 4) is 0 Å². The van der Waals surface area contributed by atoms with Crippen LogP contribution in [0.4, 0.5) is 0 Å². The molecule has 164 valence electrons. The smallest absolute Gasteiger partial charge is 0.325 e. The largest absolute Gasteiger partial charge is 0.481 e. The van der Waals surface area contributed by atoms with Crippen molar-refractivity contribution in [1.29, 1.82) is 0 Å². The molecule has 0 aromatic rings. The quantitative estimate of drug-likeness (QED) is 0.138. The molecule has 8 N–H and O–H groups in total. The van der Waals surface area contributed by atoms with Crippen molar-refractivity contribution in [2.24, 2.45) is 5.73 Å². The van der Waals surface area contributed by atoms with E-state index in [-0.39, 0.29) is 12.2 Å². The van der Waals surface area contributed by atoms with Crippen LogP contribution in [-0.4, -0.2) is 80.9 Å². The van der Waals surface area contributed by atoms with E-state index in [1.54, 1.807) is 0 Å². The maximum Gasteiger partial charge on any atom is 0.325 e. The van der Waals surface area contributed by atoms with Crippen molar-refractivity contribution < 1.29 is 44.1 Å². The number of amides is 3. The predicted octanol–water partition coefficient (Wildman–Crippen LogP) is -2.86. The van der Waals surface area contributed by atoms with E-state index < -0.39 is 72.6 Å². The third-order valence-electron chi connectivity index (χ3n) is 3.56. The number of carbonyl (C=O) groups excluding carboxylic acids is 3. The van der Waals surface area contributed by atoms with Gasteiger partial charge >= 0.3 is 17.9 Å². The highest BCUT2D eigenvalue weighted by molar-refractivity contribution is 7.80. The highest BCUT2D eigenvalue weighted by atomic mass is 32.1. The van der Waals surface area contributed by atoms with E-state index in [9.17, 15) is 28.8 Å². The minimum Gasteiger partial charge on any atom is -0.481 e. The Balaban J connectivity index is 5.19. The second-order valence-corrected chi connectivity index (χ2v) is 6.38. The van der Waals surface area contributed by atoms with Crippen molar-refractivity contribution in [3.63, 3.8) is 0 Å². The van der Waals surface area contributed by atoms with Gasteiger partial charge in [-0.25, -0.2) is 0 Å². The molecule has 0 radical (unpaired) electrons. The molecule has 0 fully saturated rings. The molecule has 4 unspecified atom stereocenters. The number of rotatable bonds is 13. The summed E-state index contributed by atoms with van der Waals surface area (Å²) in [7, 11) is 0. The summed E-state index contributed by atoms with van der Waals surface area (Å²) in [4.78, 5) is 68.7. The lowest BCUT2D eigenvalue weighted by Crippen LogP contribution is -2.57. The molecule has 0 aliphatic heterocycles. The fraction of sp³-hybridized carbons (Fsp3) is 0.600. The summed E-state index contributed by atoms with van der Waals surface area (Å²) in [5.74, 6) is -6.93. The number of carboxylic acids is 3. The van der Waals surface area contributed by atoms with E-state index in [2.05, 4.69) is 28.6 Å². The predicted molar refractivity (Wildman–Crippen MR) is 100 cm³/mol. The first-order chi connectivity index (χ1) is 13.4. The van der Waals surface area contributed by atoms with E-state index in [0.29, 0.717) is 0 Å². The number of carbonyl (C=O) groups is 6. The molecule has 0 aromatic heterocycles. The number of hydrogen-bond acceptors (Lipinski definition) is 8. The molecular weight excluding hydrogens is 412 g/mol. The van der Waals surface area contributed by atoms with Crippen molar-refractivity contribution in [3.05, 3.63) is 0 Å². The fourth-order valence-electron chi connectivity index (χ4n) is 1.94. The van der Waals surface area contributed by atoms with Gasteiger partial charge in [0.2, 0.25) is 17.7 Å². The highest BCUT2D eigenvalue weighted by Crippen LogP contribution is 2.02. The van der Waals surface area contributed by atoms with Gasteiger partial charge in [0, 0.05) is 12.2 Å². The standard InChI is InChI=1S/C15H24N4O9S/c1-6(15(27)28)17-14(26)9(5-29)19-13(25)8(2-3-10(20)21)18-12(24)7(16)4-11(22)23/h6-9,29H,2-5,16H2,1H3,(H,17,26)(H,18,24)(H,19,25)(H,20,21)(H,22,23)(H,27,28). The Morgan fingerprint density at radius 2 is 1.38 bits per heavy atom. The maximum atomic E-state index is 12.4. The van der Waals surface area contributed by atoms with Gasteiger partial charge in [-0.1, -0.05) is 0 Å². The monoisotopic (exact) mass is 436 g/mol. The SMILES string of the molecule is CC(NC(=O)C(CS)NC(=O)C(CCC(=O)O)NC(=O)C(N)CC(=O)O)C(=O)O. The van der Waals surface area contributed by atoms with Crippen LogP contribution in [0.25, 0.3) is 0 Å². The molecule has 0 saturated carbocycles. The second kappa shape index (κ2) is 12.6. The Kier molecular flexibility index (Phi) is 11.3. The molecule has 13 nitrogen and oxygen atoms in total. The average molecular weight is 436 g/mol. The van der Waals surface area contributed by atoms with Gasteiger partial charge in [0.05, 0.1) is 12.5 Å². The van der Waals surface area contributed by atoms with E-state index >= 15 is 0 Å².